The summed E-state index contributed by atoms with van der Waals surface area (Å²) in [7, 11) is 0. The number of furan rings is 1. The number of hydrogen-bond donors (Lipinski definition) is 2. The van der Waals surface area contributed by atoms with E-state index in [1.165, 1.54) is 13.2 Å². The quantitative estimate of drug-likeness (QED) is 0.846. The molecule has 1 unspecified atom stereocenters. The molecule has 5 nitrogen and oxygen atoms in total. The molecule has 1 aromatic carbocycles. The molecule has 0 aliphatic heterocycles. The van der Waals surface area contributed by atoms with E-state index in [9.17, 15) is 23.1 Å². The Bertz CT molecular complexity index is 664. The van der Waals surface area contributed by atoms with Gasteiger partial charge in [0.2, 0.25) is 0 Å². The van der Waals surface area contributed by atoms with Gasteiger partial charge < -0.3 is 19.6 Å². The summed E-state index contributed by atoms with van der Waals surface area (Å²) < 4.78 is 47.5. The summed E-state index contributed by atoms with van der Waals surface area (Å²) >= 11 is 0. The van der Waals surface area contributed by atoms with E-state index in [0.717, 1.165) is 24.3 Å². The summed E-state index contributed by atoms with van der Waals surface area (Å²) in [5, 5.41) is 12.6. The van der Waals surface area contributed by atoms with Crippen molar-refractivity contribution in [2.75, 3.05) is 13.2 Å². The molecule has 24 heavy (non-hydrogen) atoms. The van der Waals surface area contributed by atoms with Gasteiger partial charge >= 0.3 is 6.18 Å². The fourth-order valence-corrected chi connectivity index (χ4v) is 1.88. The number of rotatable bonds is 6. The zero-order valence-corrected chi connectivity index (χ0v) is 12.8. The van der Waals surface area contributed by atoms with Crippen LogP contribution in [0.5, 0.6) is 5.75 Å². The molecule has 0 saturated carbocycles. The number of benzene rings is 1. The minimum absolute atomic E-state index is 0.101. The highest BCUT2D eigenvalue weighted by Gasteiger charge is 2.30. The van der Waals surface area contributed by atoms with Crippen molar-refractivity contribution in [3.63, 3.8) is 0 Å². The number of halogens is 3. The van der Waals surface area contributed by atoms with Crippen LogP contribution in [0.3, 0.4) is 0 Å². The molecule has 1 heterocycles. The summed E-state index contributed by atoms with van der Waals surface area (Å²) in [6.45, 7) is 0.984. The second-order valence-electron chi connectivity index (χ2n) is 5.34. The highest BCUT2D eigenvalue weighted by atomic mass is 19.4. The Morgan fingerprint density at radius 2 is 1.92 bits per heavy atom. The molecule has 0 saturated heterocycles. The lowest BCUT2D eigenvalue weighted by atomic mass is 10.0. The number of ether oxygens (including phenoxy) is 1. The Morgan fingerprint density at radius 3 is 2.46 bits per heavy atom. The van der Waals surface area contributed by atoms with Gasteiger partial charge in [-0.15, -0.1) is 0 Å². The van der Waals surface area contributed by atoms with E-state index in [4.69, 9.17) is 9.15 Å². The van der Waals surface area contributed by atoms with Gasteiger partial charge in [0.1, 0.15) is 17.1 Å². The Labute approximate surface area is 136 Å². The van der Waals surface area contributed by atoms with Crippen molar-refractivity contribution in [1.29, 1.82) is 0 Å². The Morgan fingerprint density at radius 1 is 1.25 bits per heavy atom. The third-order valence-corrected chi connectivity index (χ3v) is 3.23. The molecule has 2 rings (SSSR count). The average molecular weight is 343 g/mol. The first-order valence-electron chi connectivity index (χ1n) is 7.01. The van der Waals surface area contributed by atoms with Crippen LogP contribution in [0.1, 0.15) is 18.2 Å². The summed E-state index contributed by atoms with van der Waals surface area (Å²) in [5.41, 5.74) is -2.18. The SMILES string of the molecule is CC(O)(CNC(=O)COc1ccc(C(F)(F)F)cc1)c1ccco1. The summed E-state index contributed by atoms with van der Waals surface area (Å²) in [5.74, 6) is -0.0934. The molecule has 1 atom stereocenters. The normalized spacial score (nSPS) is 14.0. The van der Waals surface area contributed by atoms with Gasteiger partial charge in [0.15, 0.2) is 6.61 Å². The van der Waals surface area contributed by atoms with Gasteiger partial charge in [0.05, 0.1) is 18.4 Å². The van der Waals surface area contributed by atoms with Crippen molar-refractivity contribution < 1.29 is 32.2 Å². The second kappa shape index (κ2) is 6.96. The van der Waals surface area contributed by atoms with Gasteiger partial charge in [0, 0.05) is 0 Å². The van der Waals surface area contributed by atoms with Gasteiger partial charge in [-0.25, -0.2) is 0 Å². The van der Waals surface area contributed by atoms with Crippen LogP contribution >= 0.6 is 0 Å². The number of carbonyl (C=O) groups excluding carboxylic acids is 1. The number of alkyl halides is 3. The minimum atomic E-state index is -4.42. The smallest absolute Gasteiger partial charge is 0.416 e. The van der Waals surface area contributed by atoms with Crippen LogP contribution in [0.2, 0.25) is 0 Å². The molecule has 8 heteroatoms. The first-order chi connectivity index (χ1) is 11.2. The summed E-state index contributed by atoms with van der Waals surface area (Å²) in [4.78, 5) is 11.7. The van der Waals surface area contributed by atoms with Gasteiger partial charge in [0.25, 0.3) is 5.91 Å². The number of nitrogens with one attached hydrogen (secondary N) is 1. The highest BCUT2D eigenvalue weighted by Crippen LogP contribution is 2.30. The van der Waals surface area contributed by atoms with Gasteiger partial charge in [-0.1, -0.05) is 0 Å². The summed E-state index contributed by atoms with van der Waals surface area (Å²) in [6.07, 6.45) is -3.02. The first kappa shape index (κ1) is 17.9. The van der Waals surface area contributed by atoms with Gasteiger partial charge in [-0.3, -0.25) is 4.79 Å². The fraction of sp³-hybridized carbons (Fsp3) is 0.312. The maximum absolute atomic E-state index is 12.4. The molecular weight excluding hydrogens is 327 g/mol. The molecular formula is C16H16F3NO4. The first-order valence-corrected chi connectivity index (χ1v) is 7.01. The van der Waals surface area contributed by atoms with Crippen molar-refractivity contribution in [2.24, 2.45) is 0 Å². The van der Waals surface area contributed by atoms with Crippen LogP contribution in [0, 0.1) is 0 Å². The van der Waals surface area contributed by atoms with Crippen molar-refractivity contribution in [2.45, 2.75) is 18.7 Å². The van der Waals surface area contributed by atoms with E-state index in [2.05, 4.69) is 5.32 Å². The van der Waals surface area contributed by atoms with Crippen molar-refractivity contribution >= 4 is 5.91 Å². The number of hydrogen-bond acceptors (Lipinski definition) is 4. The molecule has 0 bridgehead atoms. The lowest BCUT2D eigenvalue weighted by Crippen LogP contribution is -2.40. The molecule has 0 aliphatic carbocycles. The predicted octanol–water partition coefficient (Wildman–Crippen LogP) is 2.70. The van der Waals surface area contributed by atoms with Gasteiger partial charge in [-0.2, -0.15) is 13.2 Å². The van der Waals surface area contributed by atoms with E-state index in [-0.39, 0.29) is 18.9 Å². The zero-order chi connectivity index (χ0) is 17.8. The van der Waals surface area contributed by atoms with E-state index in [1.807, 2.05) is 0 Å². The highest BCUT2D eigenvalue weighted by molar-refractivity contribution is 5.77. The lowest BCUT2D eigenvalue weighted by molar-refractivity contribution is -0.137. The van der Waals surface area contributed by atoms with Crippen LogP contribution < -0.4 is 10.1 Å². The van der Waals surface area contributed by atoms with Crippen molar-refractivity contribution in [1.82, 2.24) is 5.32 Å². The molecule has 0 spiro atoms. The summed E-state index contributed by atoms with van der Waals surface area (Å²) in [6, 6.07) is 7.19. The van der Waals surface area contributed by atoms with Crippen LogP contribution in [0.4, 0.5) is 13.2 Å². The Hall–Kier alpha value is -2.48. The molecule has 0 radical (unpaired) electrons. The van der Waals surface area contributed by atoms with Crippen molar-refractivity contribution in [3.05, 3.63) is 54.0 Å². The van der Waals surface area contributed by atoms with Crippen LogP contribution in [-0.2, 0) is 16.6 Å². The molecule has 2 N–H and O–H groups in total. The molecule has 0 aliphatic rings. The molecule has 130 valence electrons. The van der Waals surface area contributed by atoms with E-state index in [0.29, 0.717) is 5.76 Å². The van der Waals surface area contributed by atoms with Crippen LogP contribution in [0.15, 0.2) is 47.1 Å². The van der Waals surface area contributed by atoms with Crippen molar-refractivity contribution in [3.8, 4) is 5.75 Å². The second-order valence-corrected chi connectivity index (χ2v) is 5.34. The molecule has 1 amide bonds. The monoisotopic (exact) mass is 343 g/mol. The fourth-order valence-electron chi connectivity index (χ4n) is 1.88. The number of aliphatic hydroxyl groups is 1. The van der Waals surface area contributed by atoms with Gasteiger partial charge in [-0.05, 0) is 43.3 Å². The predicted molar refractivity (Wildman–Crippen MR) is 78.2 cm³/mol. The third kappa shape index (κ3) is 4.76. The molecule has 1 aromatic heterocycles. The largest absolute Gasteiger partial charge is 0.484 e. The van der Waals surface area contributed by atoms with E-state index >= 15 is 0 Å². The standard InChI is InChI=1S/C16H16F3NO4/c1-15(22,13-3-2-8-23-13)10-20-14(21)9-24-12-6-4-11(5-7-12)16(17,18)19/h2-8,22H,9-10H2,1H3,(H,20,21). The number of carbonyl (C=O) groups is 1. The van der Waals surface area contributed by atoms with E-state index in [1.54, 1.807) is 12.1 Å². The Kier molecular flexibility index (Phi) is 5.18. The maximum atomic E-state index is 12.4. The zero-order valence-electron chi connectivity index (χ0n) is 12.8. The van der Waals surface area contributed by atoms with Crippen LogP contribution in [0.25, 0.3) is 0 Å². The maximum Gasteiger partial charge on any atom is 0.416 e. The van der Waals surface area contributed by atoms with Crippen LogP contribution in [-0.4, -0.2) is 24.2 Å². The topological polar surface area (TPSA) is 71.7 Å². The van der Waals surface area contributed by atoms with E-state index < -0.39 is 23.2 Å². The number of amides is 1. The molecule has 0 fully saturated rings. The minimum Gasteiger partial charge on any atom is -0.484 e. The Balaban J connectivity index is 1.81. The lowest BCUT2D eigenvalue weighted by Gasteiger charge is -2.21. The molecule has 2 aromatic rings. The average Bonchev–Trinajstić information content (AvgIpc) is 3.06. The third-order valence-electron chi connectivity index (χ3n) is 3.23.